The number of benzene rings is 1. The third kappa shape index (κ3) is 3.57. The lowest BCUT2D eigenvalue weighted by Crippen LogP contribution is -2.12. The van der Waals surface area contributed by atoms with Crippen molar-refractivity contribution in [2.45, 2.75) is 32.8 Å². The van der Waals surface area contributed by atoms with E-state index in [9.17, 15) is 4.79 Å². The van der Waals surface area contributed by atoms with E-state index in [0.29, 0.717) is 11.3 Å². The highest BCUT2D eigenvalue weighted by Gasteiger charge is 2.18. The SMILES string of the molecule is CC(C)(C)c1csc(COC(=O)c2ccc(N)cc2)n1. The molecule has 1 aromatic carbocycles. The van der Waals surface area contributed by atoms with Crippen molar-refractivity contribution >= 4 is 23.0 Å². The van der Waals surface area contributed by atoms with E-state index >= 15 is 0 Å². The Bertz CT molecular complexity index is 597. The van der Waals surface area contributed by atoms with Gasteiger partial charge in [0.2, 0.25) is 0 Å². The molecule has 0 saturated carbocycles. The van der Waals surface area contributed by atoms with Gasteiger partial charge in [-0.2, -0.15) is 0 Å². The van der Waals surface area contributed by atoms with Crippen molar-refractivity contribution in [1.82, 2.24) is 4.98 Å². The minimum absolute atomic E-state index is 0.00964. The molecule has 0 aliphatic rings. The van der Waals surface area contributed by atoms with E-state index in [0.717, 1.165) is 10.7 Å². The van der Waals surface area contributed by atoms with Crippen LogP contribution in [0, 0.1) is 0 Å². The van der Waals surface area contributed by atoms with Crippen molar-refractivity contribution in [3.63, 3.8) is 0 Å². The number of aromatic nitrogens is 1. The Kier molecular flexibility index (Phi) is 4.09. The van der Waals surface area contributed by atoms with Crippen LogP contribution in [-0.2, 0) is 16.8 Å². The lowest BCUT2D eigenvalue weighted by atomic mass is 9.93. The zero-order chi connectivity index (χ0) is 14.8. The van der Waals surface area contributed by atoms with Crippen LogP contribution < -0.4 is 5.73 Å². The first-order valence-electron chi connectivity index (χ1n) is 6.34. The minimum Gasteiger partial charge on any atom is -0.455 e. The third-order valence-corrected chi connectivity index (χ3v) is 3.62. The van der Waals surface area contributed by atoms with E-state index in [1.165, 1.54) is 11.3 Å². The smallest absolute Gasteiger partial charge is 0.338 e. The molecule has 4 nitrogen and oxygen atoms in total. The summed E-state index contributed by atoms with van der Waals surface area (Å²) in [4.78, 5) is 16.3. The number of ether oxygens (including phenoxy) is 1. The van der Waals surface area contributed by atoms with Gasteiger partial charge in [-0.1, -0.05) is 20.8 Å². The fraction of sp³-hybridized carbons (Fsp3) is 0.333. The topological polar surface area (TPSA) is 65.2 Å². The maximum Gasteiger partial charge on any atom is 0.338 e. The van der Waals surface area contributed by atoms with E-state index in [2.05, 4.69) is 25.8 Å². The first kappa shape index (κ1) is 14.5. The standard InChI is InChI=1S/C15H18N2O2S/c1-15(2,3)12-9-20-13(17-12)8-19-14(18)10-4-6-11(16)7-5-10/h4-7,9H,8,16H2,1-3H3. The van der Waals surface area contributed by atoms with Crippen molar-refractivity contribution in [2.75, 3.05) is 5.73 Å². The molecule has 0 bridgehead atoms. The van der Waals surface area contributed by atoms with Crippen LogP contribution in [0.4, 0.5) is 5.69 Å². The largest absolute Gasteiger partial charge is 0.455 e. The quantitative estimate of drug-likeness (QED) is 0.695. The molecular formula is C15H18N2O2S. The molecule has 1 heterocycles. The van der Waals surface area contributed by atoms with Crippen molar-refractivity contribution in [3.05, 3.63) is 45.9 Å². The Labute approximate surface area is 122 Å². The van der Waals surface area contributed by atoms with Crippen LogP contribution in [0.25, 0.3) is 0 Å². The van der Waals surface area contributed by atoms with E-state index in [4.69, 9.17) is 10.5 Å². The second-order valence-corrected chi connectivity index (χ2v) is 6.52. The van der Waals surface area contributed by atoms with Gasteiger partial charge in [0, 0.05) is 16.5 Å². The van der Waals surface area contributed by atoms with Gasteiger partial charge in [0.1, 0.15) is 11.6 Å². The number of hydrogen-bond acceptors (Lipinski definition) is 5. The summed E-state index contributed by atoms with van der Waals surface area (Å²) in [5, 5.41) is 2.81. The highest BCUT2D eigenvalue weighted by Crippen LogP contribution is 2.24. The normalized spacial score (nSPS) is 11.3. The summed E-state index contributed by atoms with van der Waals surface area (Å²) >= 11 is 1.51. The molecule has 106 valence electrons. The molecule has 0 amide bonds. The van der Waals surface area contributed by atoms with Crippen LogP contribution in [-0.4, -0.2) is 11.0 Å². The van der Waals surface area contributed by atoms with Gasteiger partial charge in [-0.15, -0.1) is 11.3 Å². The summed E-state index contributed by atoms with van der Waals surface area (Å²) in [5.41, 5.74) is 7.71. The molecule has 0 unspecified atom stereocenters. The molecule has 5 heteroatoms. The Hall–Kier alpha value is -1.88. The number of anilines is 1. The third-order valence-electron chi connectivity index (χ3n) is 2.79. The van der Waals surface area contributed by atoms with Gasteiger partial charge in [0.25, 0.3) is 0 Å². The predicted octanol–water partition coefficient (Wildman–Crippen LogP) is 3.38. The summed E-state index contributed by atoms with van der Waals surface area (Å²) < 4.78 is 5.25. The number of nitrogen functional groups attached to an aromatic ring is 1. The molecule has 2 N–H and O–H groups in total. The van der Waals surface area contributed by atoms with Gasteiger partial charge >= 0.3 is 5.97 Å². The van der Waals surface area contributed by atoms with Crippen LogP contribution >= 0.6 is 11.3 Å². The second-order valence-electron chi connectivity index (χ2n) is 5.57. The van der Waals surface area contributed by atoms with Gasteiger partial charge in [-0.05, 0) is 24.3 Å². The number of rotatable bonds is 3. The summed E-state index contributed by atoms with van der Waals surface area (Å²) in [6.07, 6.45) is 0. The number of thiazole rings is 1. The lowest BCUT2D eigenvalue weighted by Gasteiger charge is -2.14. The minimum atomic E-state index is -0.363. The van der Waals surface area contributed by atoms with Gasteiger partial charge in [0.05, 0.1) is 11.3 Å². The Morgan fingerprint density at radius 1 is 1.30 bits per heavy atom. The molecule has 0 saturated heterocycles. The van der Waals surface area contributed by atoms with Crippen molar-refractivity contribution in [2.24, 2.45) is 0 Å². The van der Waals surface area contributed by atoms with Crippen molar-refractivity contribution in [3.8, 4) is 0 Å². The fourth-order valence-electron chi connectivity index (χ4n) is 1.55. The number of hydrogen-bond donors (Lipinski definition) is 1. The fourth-order valence-corrected chi connectivity index (χ4v) is 2.48. The van der Waals surface area contributed by atoms with Gasteiger partial charge in [-0.25, -0.2) is 9.78 Å². The number of nitrogens with zero attached hydrogens (tertiary/aromatic N) is 1. The Balaban J connectivity index is 1.97. The molecule has 0 aliphatic heterocycles. The van der Waals surface area contributed by atoms with Crippen LogP contribution in [0.2, 0.25) is 0 Å². The first-order chi connectivity index (χ1) is 9.36. The summed E-state index contributed by atoms with van der Waals surface area (Å²) in [7, 11) is 0. The maximum absolute atomic E-state index is 11.8. The summed E-state index contributed by atoms with van der Waals surface area (Å²) in [6.45, 7) is 6.51. The molecule has 0 aliphatic carbocycles. The average Bonchev–Trinajstić information content (AvgIpc) is 2.85. The maximum atomic E-state index is 11.8. The molecule has 2 rings (SSSR count). The molecule has 0 spiro atoms. The highest BCUT2D eigenvalue weighted by molar-refractivity contribution is 7.09. The number of nitrogens with two attached hydrogens (primary N) is 1. The average molecular weight is 290 g/mol. The summed E-state index contributed by atoms with van der Waals surface area (Å²) in [6, 6.07) is 6.66. The molecule has 0 fully saturated rings. The van der Waals surface area contributed by atoms with Crippen LogP contribution in [0.5, 0.6) is 0 Å². The molecule has 0 radical (unpaired) electrons. The van der Waals surface area contributed by atoms with Gasteiger partial charge < -0.3 is 10.5 Å². The number of carbonyl (C=O) groups is 1. The molecule has 1 aromatic heterocycles. The second kappa shape index (κ2) is 5.63. The van der Waals surface area contributed by atoms with Crippen LogP contribution in [0.3, 0.4) is 0 Å². The highest BCUT2D eigenvalue weighted by atomic mass is 32.1. The molecule has 20 heavy (non-hydrogen) atoms. The monoisotopic (exact) mass is 290 g/mol. The lowest BCUT2D eigenvalue weighted by molar-refractivity contribution is 0.0472. The summed E-state index contributed by atoms with van der Waals surface area (Å²) in [5.74, 6) is -0.363. The van der Waals surface area contributed by atoms with E-state index in [1.54, 1.807) is 24.3 Å². The van der Waals surface area contributed by atoms with Crippen LogP contribution in [0.1, 0.15) is 41.8 Å². The Morgan fingerprint density at radius 3 is 2.50 bits per heavy atom. The van der Waals surface area contributed by atoms with E-state index in [1.807, 2.05) is 5.38 Å². The zero-order valence-corrected chi connectivity index (χ0v) is 12.7. The van der Waals surface area contributed by atoms with Gasteiger partial charge in [0.15, 0.2) is 0 Å². The van der Waals surface area contributed by atoms with Crippen molar-refractivity contribution in [1.29, 1.82) is 0 Å². The van der Waals surface area contributed by atoms with Gasteiger partial charge in [-0.3, -0.25) is 0 Å². The number of carbonyl (C=O) groups excluding carboxylic acids is 1. The predicted molar refractivity (Wildman–Crippen MR) is 80.8 cm³/mol. The first-order valence-corrected chi connectivity index (χ1v) is 7.22. The van der Waals surface area contributed by atoms with Crippen molar-refractivity contribution < 1.29 is 9.53 Å². The molecular weight excluding hydrogens is 272 g/mol. The van der Waals surface area contributed by atoms with E-state index < -0.39 is 0 Å². The van der Waals surface area contributed by atoms with E-state index in [-0.39, 0.29) is 18.0 Å². The number of esters is 1. The molecule has 2 aromatic rings. The van der Waals surface area contributed by atoms with Crippen LogP contribution in [0.15, 0.2) is 29.6 Å². The Morgan fingerprint density at radius 2 is 1.95 bits per heavy atom. The molecule has 0 atom stereocenters. The zero-order valence-electron chi connectivity index (χ0n) is 11.8.